The molecule has 0 saturated heterocycles. The summed E-state index contributed by atoms with van der Waals surface area (Å²) in [6, 6.07) is 7.69. The summed E-state index contributed by atoms with van der Waals surface area (Å²) in [7, 11) is -3.60. The van der Waals surface area contributed by atoms with Crippen molar-refractivity contribution in [1.29, 1.82) is 0 Å². The number of alkyl halides is 3. The molecule has 14 heteroatoms. The zero-order chi connectivity index (χ0) is 28.9. The highest BCUT2D eigenvalue weighted by atomic mass is 35.5. The lowest BCUT2D eigenvalue weighted by molar-refractivity contribution is -0.275. The molecule has 0 N–H and O–H groups in total. The summed E-state index contributed by atoms with van der Waals surface area (Å²) in [5.41, 5.74) is -3.37. The number of halogens is 8. The quantitative estimate of drug-likeness (QED) is 0.226. The zero-order valence-corrected chi connectivity index (χ0v) is 22.2. The minimum atomic E-state index is -5.01. The first-order valence-electron chi connectivity index (χ1n) is 10.8. The number of carbonyl (C=O) groups excluding carboxylic acids is 1. The first-order valence-corrected chi connectivity index (χ1v) is 13.5. The summed E-state index contributed by atoms with van der Waals surface area (Å²) in [6.07, 6.45) is -4.82. The largest absolute Gasteiger partial charge is 0.435 e. The van der Waals surface area contributed by atoms with Gasteiger partial charge in [-0.1, -0.05) is 34.4 Å². The average Bonchev–Trinajstić information content (AvgIpc) is 3.28. The van der Waals surface area contributed by atoms with Gasteiger partial charge in [-0.05, 0) is 54.4 Å². The molecule has 0 saturated carbocycles. The number of aryl methyl sites for hydroxylation is 1. The van der Waals surface area contributed by atoms with Crippen LogP contribution in [0.5, 0.6) is 0 Å². The highest BCUT2D eigenvalue weighted by Gasteiger charge is 2.62. The van der Waals surface area contributed by atoms with Crippen LogP contribution in [-0.2, 0) is 20.2 Å². The van der Waals surface area contributed by atoms with Gasteiger partial charge in [0.2, 0.25) is 0 Å². The Bertz CT molecular complexity index is 1640. The summed E-state index contributed by atoms with van der Waals surface area (Å²) in [5.74, 6) is -4.11. The molecule has 1 aliphatic rings. The van der Waals surface area contributed by atoms with Gasteiger partial charge in [0.05, 0.1) is 30.4 Å². The van der Waals surface area contributed by atoms with E-state index in [9.17, 15) is 35.3 Å². The molecule has 0 bridgehead atoms. The van der Waals surface area contributed by atoms with Gasteiger partial charge in [-0.25, -0.2) is 17.4 Å². The molecule has 2 atom stereocenters. The van der Waals surface area contributed by atoms with Gasteiger partial charge in [-0.2, -0.15) is 17.5 Å². The smallest absolute Gasteiger partial charge is 0.374 e. The number of oxime groups is 1. The van der Waals surface area contributed by atoms with Crippen LogP contribution in [-0.4, -0.2) is 28.3 Å². The molecule has 1 heterocycles. The van der Waals surface area contributed by atoms with E-state index < -0.39 is 71.8 Å². The van der Waals surface area contributed by atoms with Gasteiger partial charge in [0.1, 0.15) is 11.6 Å². The van der Waals surface area contributed by atoms with Crippen LogP contribution in [0.4, 0.5) is 26.3 Å². The lowest BCUT2D eigenvalue weighted by atomic mass is 9.86. The summed E-state index contributed by atoms with van der Waals surface area (Å²) in [6.45, 7) is 1.45. The molecule has 3 aromatic rings. The van der Waals surface area contributed by atoms with Gasteiger partial charge < -0.3 is 4.84 Å². The van der Waals surface area contributed by atoms with E-state index in [2.05, 4.69) is 9.52 Å². The van der Waals surface area contributed by atoms with Crippen LogP contribution < -0.4 is 0 Å². The maximum absolute atomic E-state index is 14.2. The Kier molecular flexibility index (Phi) is 7.52. The molecule has 0 aliphatic carbocycles. The van der Waals surface area contributed by atoms with Gasteiger partial charge in [0, 0.05) is 29.9 Å². The van der Waals surface area contributed by atoms with E-state index in [0.717, 1.165) is 30.5 Å². The second-order valence-electron chi connectivity index (χ2n) is 8.69. The number of rotatable bonds is 4. The van der Waals surface area contributed by atoms with Gasteiger partial charge in [-0.15, -0.1) is 0 Å². The lowest BCUT2D eigenvalue weighted by Crippen LogP contribution is -2.42. The molecule has 5 nitrogen and oxygen atoms in total. The molecular weight excluding hydrogens is 593 g/mol. The van der Waals surface area contributed by atoms with Gasteiger partial charge in [0.25, 0.3) is 11.5 Å². The first-order chi connectivity index (χ1) is 18.1. The lowest BCUT2D eigenvalue weighted by Gasteiger charge is -2.29. The molecule has 0 aromatic heterocycles. The monoisotopic (exact) mass is 608 g/mol. The molecule has 1 amide bonds. The fourth-order valence-corrected chi connectivity index (χ4v) is 5.71. The van der Waals surface area contributed by atoms with Gasteiger partial charge in [-0.3, -0.25) is 4.79 Å². The topological polar surface area (TPSA) is 68.1 Å². The summed E-state index contributed by atoms with van der Waals surface area (Å²) in [4.78, 5) is 17.2. The number of amides is 1. The van der Waals surface area contributed by atoms with Crippen LogP contribution in [0.3, 0.4) is 0 Å². The molecule has 0 radical (unpaired) electrons. The zero-order valence-electron chi connectivity index (χ0n) is 19.9. The second-order valence-corrected chi connectivity index (χ2v) is 11.7. The first kappa shape index (κ1) is 28.9. The third-order valence-electron chi connectivity index (χ3n) is 5.99. The summed E-state index contributed by atoms with van der Waals surface area (Å²) >= 11 is 11.4. The molecular formula is C25H16Cl2F6N2O3S. The minimum Gasteiger partial charge on any atom is -0.374 e. The van der Waals surface area contributed by atoms with Crippen LogP contribution in [0.1, 0.15) is 33.5 Å². The molecule has 0 fully saturated rings. The van der Waals surface area contributed by atoms with E-state index in [-0.39, 0.29) is 22.4 Å². The van der Waals surface area contributed by atoms with Crippen molar-refractivity contribution in [2.24, 2.45) is 9.52 Å². The van der Waals surface area contributed by atoms with Crippen molar-refractivity contribution in [3.8, 4) is 0 Å². The van der Waals surface area contributed by atoms with E-state index in [1.54, 1.807) is 0 Å². The maximum Gasteiger partial charge on any atom is 0.435 e. The van der Waals surface area contributed by atoms with Crippen LogP contribution in [0.25, 0.3) is 0 Å². The van der Waals surface area contributed by atoms with E-state index in [0.29, 0.717) is 6.07 Å². The fraction of sp³-hybridized carbons (Fsp3) is 0.200. The standard InChI is InChI=1S/C25H16Cl2F6N2O3S/c1-12-7-13(3-5-16(12)23(36)35-39(2,37)21-6-4-15(28)10-19(21)29)20-11-24(38-34-20,25(31,32)33)14-8-17(26)22(30)18(27)9-14/h3-10H,11H2,1-2H3. The second kappa shape index (κ2) is 10.1. The molecule has 39 heavy (non-hydrogen) atoms. The number of hydrogen-bond acceptors (Lipinski definition) is 4. The predicted molar refractivity (Wildman–Crippen MR) is 133 cm³/mol. The van der Waals surface area contributed by atoms with Gasteiger partial charge in [0.15, 0.2) is 5.82 Å². The Balaban J connectivity index is 1.66. The van der Waals surface area contributed by atoms with Crippen molar-refractivity contribution in [2.45, 2.75) is 30.0 Å². The van der Waals surface area contributed by atoms with E-state index in [1.165, 1.54) is 25.1 Å². The predicted octanol–water partition coefficient (Wildman–Crippen LogP) is 7.60. The van der Waals surface area contributed by atoms with E-state index >= 15 is 0 Å². The summed E-state index contributed by atoms with van der Waals surface area (Å²) < 4.78 is 100. The minimum absolute atomic E-state index is 0.0606. The SMILES string of the molecule is Cc1cc(C2=NOC(c3cc(Cl)c(F)c(Cl)c3)(C(F)(F)F)C2)ccc1C(=O)N=S(C)(=O)c1ccc(F)cc1F. The van der Waals surface area contributed by atoms with E-state index in [4.69, 9.17) is 28.0 Å². The molecule has 4 rings (SSSR count). The van der Waals surface area contributed by atoms with Crippen molar-refractivity contribution in [3.05, 3.63) is 98.3 Å². The van der Waals surface area contributed by atoms with Crippen LogP contribution in [0.15, 0.2) is 62.9 Å². The Morgan fingerprint density at radius 3 is 2.26 bits per heavy atom. The highest BCUT2D eigenvalue weighted by molar-refractivity contribution is 7.93. The number of nitrogens with zero attached hydrogens (tertiary/aromatic N) is 2. The molecule has 1 aliphatic heterocycles. The Labute approximate surface area is 228 Å². The normalized spacial score (nSPS) is 18.8. The number of hydrogen-bond donors (Lipinski definition) is 0. The van der Waals surface area contributed by atoms with E-state index in [1.807, 2.05) is 0 Å². The summed E-state index contributed by atoms with van der Waals surface area (Å²) in [5, 5.41) is 2.34. The van der Waals surface area contributed by atoms with Crippen molar-refractivity contribution in [3.63, 3.8) is 0 Å². The van der Waals surface area contributed by atoms with Crippen LogP contribution >= 0.6 is 23.2 Å². The van der Waals surface area contributed by atoms with Crippen molar-refractivity contribution >= 4 is 44.5 Å². The van der Waals surface area contributed by atoms with Gasteiger partial charge >= 0.3 is 6.18 Å². The fourth-order valence-electron chi connectivity index (χ4n) is 3.97. The third-order valence-corrected chi connectivity index (χ3v) is 8.20. The number of benzene rings is 3. The maximum atomic E-state index is 14.2. The molecule has 3 aromatic carbocycles. The number of carbonyl (C=O) groups is 1. The molecule has 0 spiro atoms. The Hall–Kier alpha value is -3.09. The Morgan fingerprint density at radius 2 is 1.69 bits per heavy atom. The molecule has 206 valence electrons. The van der Waals surface area contributed by atoms with Crippen molar-refractivity contribution in [1.82, 2.24) is 0 Å². The van der Waals surface area contributed by atoms with Crippen molar-refractivity contribution in [2.75, 3.05) is 6.26 Å². The van der Waals surface area contributed by atoms with Crippen LogP contribution in [0, 0.1) is 24.4 Å². The molecule has 2 unspecified atom stereocenters. The Morgan fingerprint density at radius 1 is 1.05 bits per heavy atom. The average molecular weight is 609 g/mol. The third kappa shape index (κ3) is 5.37. The highest BCUT2D eigenvalue weighted by Crippen LogP contribution is 2.50. The van der Waals surface area contributed by atoms with Crippen LogP contribution in [0.2, 0.25) is 10.0 Å². The van der Waals surface area contributed by atoms with Crippen molar-refractivity contribution < 1.29 is 40.2 Å².